The fraction of sp³-hybridized carbons (Fsp3) is 0.533. The molecule has 5 heteroatoms. The summed E-state index contributed by atoms with van der Waals surface area (Å²) in [6.45, 7) is 4.01. The molecule has 0 unspecified atom stereocenters. The molecule has 1 amide bonds. The average Bonchev–Trinajstić information content (AvgIpc) is 2.43. The van der Waals surface area contributed by atoms with Crippen molar-refractivity contribution in [1.82, 2.24) is 10.2 Å². The molecular formula is C15H20ClFN2O. The lowest BCUT2D eigenvalue weighted by molar-refractivity contribution is 0.0674. The van der Waals surface area contributed by atoms with Crippen LogP contribution < -0.4 is 5.32 Å². The van der Waals surface area contributed by atoms with E-state index in [1.165, 1.54) is 6.07 Å². The van der Waals surface area contributed by atoms with Crippen LogP contribution in [0.15, 0.2) is 12.1 Å². The highest BCUT2D eigenvalue weighted by Crippen LogP contribution is 2.24. The Morgan fingerprint density at radius 3 is 3.00 bits per heavy atom. The number of carbonyl (C=O) groups excluding carboxylic acids is 1. The molecule has 1 saturated heterocycles. The monoisotopic (exact) mass is 298 g/mol. The fourth-order valence-electron chi connectivity index (χ4n) is 2.70. The third-order valence-corrected chi connectivity index (χ3v) is 4.09. The zero-order valence-corrected chi connectivity index (χ0v) is 12.6. The summed E-state index contributed by atoms with van der Waals surface area (Å²) >= 11 is 6.01. The van der Waals surface area contributed by atoms with E-state index < -0.39 is 0 Å². The van der Waals surface area contributed by atoms with Crippen LogP contribution in [-0.4, -0.2) is 37.5 Å². The summed E-state index contributed by atoms with van der Waals surface area (Å²) in [4.78, 5) is 14.4. The number of aryl methyl sites for hydroxylation is 1. The van der Waals surface area contributed by atoms with Crippen LogP contribution in [0, 0.1) is 18.7 Å². The first kappa shape index (κ1) is 15.3. The molecular weight excluding hydrogens is 279 g/mol. The maximum atomic E-state index is 13.4. The molecule has 1 heterocycles. The van der Waals surface area contributed by atoms with Crippen molar-refractivity contribution in [2.24, 2.45) is 5.92 Å². The Hall–Kier alpha value is -1.13. The van der Waals surface area contributed by atoms with E-state index in [1.54, 1.807) is 13.0 Å². The van der Waals surface area contributed by atoms with E-state index in [2.05, 4.69) is 5.32 Å². The summed E-state index contributed by atoms with van der Waals surface area (Å²) < 4.78 is 13.4. The first-order valence-corrected chi connectivity index (χ1v) is 7.30. The zero-order chi connectivity index (χ0) is 14.7. The number of carbonyl (C=O) groups is 1. The van der Waals surface area contributed by atoms with Crippen LogP contribution in [0.2, 0.25) is 5.02 Å². The van der Waals surface area contributed by atoms with Crippen molar-refractivity contribution in [2.45, 2.75) is 19.8 Å². The third-order valence-electron chi connectivity index (χ3n) is 3.78. The second-order valence-corrected chi connectivity index (χ2v) is 5.81. The summed E-state index contributed by atoms with van der Waals surface area (Å²) in [5, 5.41) is 3.34. The molecule has 3 nitrogen and oxygen atoms in total. The van der Waals surface area contributed by atoms with Gasteiger partial charge in [0.05, 0.1) is 10.6 Å². The molecule has 110 valence electrons. The highest BCUT2D eigenvalue weighted by atomic mass is 35.5. The van der Waals surface area contributed by atoms with Crippen molar-refractivity contribution in [1.29, 1.82) is 0 Å². The summed E-state index contributed by atoms with van der Waals surface area (Å²) in [7, 11) is 1.92. The molecule has 20 heavy (non-hydrogen) atoms. The number of nitrogens with one attached hydrogen (secondary N) is 1. The van der Waals surface area contributed by atoms with Gasteiger partial charge >= 0.3 is 0 Å². The number of benzene rings is 1. The molecule has 2 rings (SSSR count). The highest BCUT2D eigenvalue weighted by Gasteiger charge is 2.25. The zero-order valence-electron chi connectivity index (χ0n) is 11.9. The first-order chi connectivity index (χ1) is 9.52. The average molecular weight is 299 g/mol. The van der Waals surface area contributed by atoms with Gasteiger partial charge in [-0.3, -0.25) is 4.79 Å². The van der Waals surface area contributed by atoms with Gasteiger partial charge in [0, 0.05) is 13.1 Å². The molecule has 1 aromatic carbocycles. The standard InChI is InChI=1S/C15H20ClFN2O/c1-10-6-12(13(16)7-14(10)17)15(20)19-5-3-4-11(9-19)8-18-2/h6-7,11,18H,3-5,8-9H2,1-2H3/t11-/m1/s1. The van der Waals surface area contributed by atoms with Gasteiger partial charge in [0.25, 0.3) is 5.91 Å². The van der Waals surface area contributed by atoms with E-state index in [-0.39, 0.29) is 16.7 Å². The Bertz CT molecular complexity index is 505. The van der Waals surface area contributed by atoms with Gasteiger partial charge in [0.1, 0.15) is 5.82 Å². The quantitative estimate of drug-likeness (QED) is 0.930. The topological polar surface area (TPSA) is 32.3 Å². The number of hydrogen-bond donors (Lipinski definition) is 1. The maximum Gasteiger partial charge on any atom is 0.255 e. The van der Waals surface area contributed by atoms with Crippen LogP contribution in [-0.2, 0) is 0 Å². The Labute approximate surface area is 124 Å². The van der Waals surface area contributed by atoms with Gasteiger partial charge in [0.2, 0.25) is 0 Å². The van der Waals surface area contributed by atoms with Crippen LogP contribution in [0.5, 0.6) is 0 Å². The predicted molar refractivity (Wildman–Crippen MR) is 78.7 cm³/mol. The molecule has 1 aliphatic rings. The summed E-state index contributed by atoms with van der Waals surface area (Å²) in [6, 6.07) is 2.76. The van der Waals surface area contributed by atoms with Crippen molar-refractivity contribution in [3.05, 3.63) is 34.1 Å². The molecule has 0 bridgehead atoms. The lowest BCUT2D eigenvalue weighted by atomic mass is 9.97. The Kier molecular flexibility index (Phi) is 5.00. The van der Waals surface area contributed by atoms with E-state index in [1.807, 2.05) is 11.9 Å². The second-order valence-electron chi connectivity index (χ2n) is 5.40. The Morgan fingerprint density at radius 1 is 1.55 bits per heavy atom. The van der Waals surface area contributed by atoms with E-state index in [4.69, 9.17) is 11.6 Å². The van der Waals surface area contributed by atoms with Gasteiger partial charge in [-0.1, -0.05) is 11.6 Å². The summed E-state index contributed by atoms with van der Waals surface area (Å²) in [6.07, 6.45) is 2.12. The fourth-order valence-corrected chi connectivity index (χ4v) is 2.93. The number of likely N-dealkylation sites (tertiary alicyclic amines) is 1. The molecule has 1 N–H and O–H groups in total. The Morgan fingerprint density at radius 2 is 2.30 bits per heavy atom. The number of hydrogen-bond acceptors (Lipinski definition) is 2. The maximum absolute atomic E-state index is 13.4. The molecule has 1 aliphatic heterocycles. The minimum absolute atomic E-state index is 0.0982. The first-order valence-electron chi connectivity index (χ1n) is 6.92. The number of nitrogens with zero attached hydrogens (tertiary/aromatic N) is 1. The van der Waals surface area contributed by atoms with Crippen molar-refractivity contribution < 1.29 is 9.18 Å². The van der Waals surface area contributed by atoms with Crippen molar-refractivity contribution in [3.63, 3.8) is 0 Å². The predicted octanol–water partition coefficient (Wildman–Crippen LogP) is 2.86. The molecule has 1 fully saturated rings. The number of piperidine rings is 1. The van der Waals surface area contributed by atoms with Crippen LogP contribution in [0.1, 0.15) is 28.8 Å². The van der Waals surface area contributed by atoms with E-state index in [0.29, 0.717) is 17.0 Å². The molecule has 0 spiro atoms. The second kappa shape index (κ2) is 6.55. The third kappa shape index (κ3) is 3.30. The lowest BCUT2D eigenvalue weighted by Gasteiger charge is -2.33. The Balaban J connectivity index is 2.16. The molecule has 0 saturated carbocycles. The van der Waals surface area contributed by atoms with E-state index in [9.17, 15) is 9.18 Å². The van der Waals surface area contributed by atoms with Crippen molar-refractivity contribution in [2.75, 3.05) is 26.7 Å². The number of amides is 1. The van der Waals surface area contributed by atoms with Crippen molar-refractivity contribution in [3.8, 4) is 0 Å². The summed E-state index contributed by atoms with van der Waals surface area (Å²) in [5.41, 5.74) is 0.845. The molecule has 0 radical (unpaired) electrons. The van der Waals surface area contributed by atoms with Gasteiger partial charge in [-0.25, -0.2) is 4.39 Å². The molecule has 0 aliphatic carbocycles. The highest BCUT2D eigenvalue weighted by molar-refractivity contribution is 6.33. The van der Waals surface area contributed by atoms with Crippen LogP contribution in [0.25, 0.3) is 0 Å². The van der Waals surface area contributed by atoms with Gasteiger partial charge in [-0.05, 0) is 57.0 Å². The SMILES string of the molecule is CNC[C@H]1CCCN(C(=O)c2cc(C)c(F)cc2Cl)C1. The van der Waals surface area contributed by atoms with E-state index >= 15 is 0 Å². The van der Waals surface area contributed by atoms with Gasteiger partial charge in [0.15, 0.2) is 0 Å². The largest absolute Gasteiger partial charge is 0.338 e. The minimum atomic E-state index is -0.377. The molecule has 1 atom stereocenters. The van der Waals surface area contributed by atoms with Crippen LogP contribution in [0.3, 0.4) is 0 Å². The smallest absolute Gasteiger partial charge is 0.255 e. The number of halogens is 2. The normalized spacial score (nSPS) is 19.2. The van der Waals surface area contributed by atoms with Gasteiger partial charge in [-0.2, -0.15) is 0 Å². The number of rotatable bonds is 3. The van der Waals surface area contributed by atoms with E-state index in [0.717, 1.165) is 32.5 Å². The van der Waals surface area contributed by atoms with Crippen LogP contribution in [0.4, 0.5) is 4.39 Å². The van der Waals surface area contributed by atoms with Crippen molar-refractivity contribution >= 4 is 17.5 Å². The van der Waals surface area contributed by atoms with Gasteiger partial charge in [-0.15, -0.1) is 0 Å². The molecule has 0 aromatic heterocycles. The summed E-state index contributed by atoms with van der Waals surface area (Å²) in [5.74, 6) is -0.00447. The minimum Gasteiger partial charge on any atom is -0.338 e. The molecule has 1 aromatic rings. The van der Waals surface area contributed by atoms with Crippen LogP contribution >= 0.6 is 11.6 Å². The van der Waals surface area contributed by atoms with Gasteiger partial charge < -0.3 is 10.2 Å². The lowest BCUT2D eigenvalue weighted by Crippen LogP contribution is -2.42.